The fourth-order valence-electron chi connectivity index (χ4n) is 1.12. The van der Waals surface area contributed by atoms with Crippen molar-refractivity contribution in [1.29, 1.82) is 5.26 Å². The average Bonchev–Trinajstić information content (AvgIpc) is 2.62. The molecule has 1 aliphatic rings. The molecule has 0 radical (unpaired) electrons. The van der Waals surface area contributed by atoms with E-state index in [1.807, 2.05) is 6.07 Å². The van der Waals surface area contributed by atoms with Gasteiger partial charge in [-0.1, -0.05) is 6.92 Å². The molecule has 0 heterocycles. The Hall–Kier alpha value is -0.600. The average molecular weight is 188 g/mol. The van der Waals surface area contributed by atoms with Crippen LogP contribution in [-0.2, 0) is 9.84 Å². The monoisotopic (exact) mass is 188 g/mol. The largest absolute Gasteiger partial charge is 0.313 e. The van der Waals surface area contributed by atoms with Gasteiger partial charge in [0.1, 0.15) is 15.4 Å². The molecule has 0 aliphatic heterocycles. The summed E-state index contributed by atoms with van der Waals surface area (Å²) in [6.07, 6.45) is 0.517. The molecule has 0 aromatic rings. The number of rotatable bonds is 3. The van der Waals surface area contributed by atoms with Crippen molar-refractivity contribution in [2.75, 3.05) is 11.5 Å². The molecule has 0 amide bonds. The second-order valence-corrected chi connectivity index (χ2v) is 5.65. The first kappa shape index (κ1) is 9.49. The fraction of sp³-hybridized carbons (Fsp3) is 0.857. The zero-order valence-corrected chi connectivity index (χ0v) is 7.76. The first-order valence-electron chi connectivity index (χ1n) is 3.84. The van der Waals surface area contributed by atoms with Gasteiger partial charge in [-0.3, -0.25) is 0 Å². The molecule has 5 heteroatoms. The summed E-state index contributed by atoms with van der Waals surface area (Å²) in [6, 6.07) is 1.93. The van der Waals surface area contributed by atoms with Crippen LogP contribution in [0.1, 0.15) is 13.3 Å². The molecule has 2 N–H and O–H groups in total. The van der Waals surface area contributed by atoms with Crippen LogP contribution >= 0.6 is 0 Å². The molecule has 0 saturated heterocycles. The van der Waals surface area contributed by atoms with E-state index in [-0.39, 0.29) is 17.4 Å². The van der Waals surface area contributed by atoms with Crippen molar-refractivity contribution in [1.82, 2.24) is 0 Å². The number of nitrogens with zero attached hydrogens (tertiary/aromatic N) is 1. The number of hydrogen-bond acceptors (Lipinski definition) is 4. The summed E-state index contributed by atoms with van der Waals surface area (Å²) in [7, 11) is -2.97. The Morgan fingerprint density at radius 2 is 2.33 bits per heavy atom. The van der Waals surface area contributed by atoms with Crippen molar-refractivity contribution in [3.05, 3.63) is 0 Å². The standard InChI is InChI=1S/C7H12N2O2S/c1-2-12(10,11)4-6-3-7(6,9)5-8/h6H,2-4,9H2,1H3. The summed E-state index contributed by atoms with van der Waals surface area (Å²) in [5, 5.41) is 8.54. The molecular formula is C7H12N2O2S. The van der Waals surface area contributed by atoms with E-state index in [0.717, 1.165) is 0 Å². The van der Waals surface area contributed by atoms with Gasteiger partial charge in [0.25, 0.3) is 0 Å². The minimum Gasteiger partial charge on any atom is -0.313 e. The van der Waals surface area contributed by atoms with E-state index in [0.29, 0.717) is 6.42 Å². The molecule has 0 spiro atoms. The number of hydrogen-bond donors (Lipinski definition) is 1. The van der Waals surface area contributed by atoms with Crippen LogP contribution in [0.4, 0.5) is 0 Å². The van der Waals surface area contributed by atoms with E-state index in [2.05, 4.69) is 0 Å². The van der Waals surface area contributed by atoms with Crippen LogP contribution in [0, 0.1) is 17.2 Å². The number of sulfone groups is 1. The molecule has 12 heavy (non-hydrogen) atoms. The highest BCUT2D eigenvalue weighted by atomic mass is 32.2. The lowest BCUT2D eigenvalue weighted by atomic mass is 10.3. The molecule has 1 aliphatic carbocycles. The second-order valence-electron chi connectivity index (χ2n) is 3.25. The van der Waals surface area contributed by atoms with E-state index in [1.54, 1.807) is 6.92 Å². The fourth-order valence-corrected chi connectivity index (χ4v) is 2.38. The summed E-state index contributed by atoms with van der Waals surface area (Å²) >= 11 is 0. The molecule has 1 saturated carbocycles. The number of nitriles is 1. The summed E-state index contributed by atoms with van der Waals surface area (Å²) in [4.78, 5) is 0. The maximum absolute atomic E-state index is 11.1. The molecule has 68 valence electrons. The van der Waals surface area contributed by atoms with Crippen molar-refractivity contribution in [2.24, 2.45) is 11.7 Å². The van der Waals surface area contributed by atoms with Crippen LogP contribution in [0.5, 0.6) is 0 Å². The molecule has 0 aromatic heterocycles. The molecule has 4 nitrogen and oxygen atoms in total. The smallest absolute Gasteiger partial charge is 0.150 e. The summed E-state index contributed by atoms with van der Waals surface area (Å²) in [6.45, 7) is 1.60. The predicted octanol–water partition coefficient (Wildman–Crippen LogP) is -0.338. The van der Waals surface area contributed by atoms with Gasteiger partial charge in [0.05, 0.1) is 11.8 Å². The highest BCUT2D eigenvalue weighted by Gasteiger charge is 2.53. The quantitative estimate of drug-likeness (QED) is 0.656. The zero-order valence-electron chi connectivity index (χ0n) is 6.95. The van der Waals surface area contributed by atoms with Crippen molar-refractivity contribution in [3.63, 3.8) is 0 Å². The van der Waals surface area contributed by atoms with Crippen LogP contribution in [0.3, 0.4) is 0 Å². The minimum absolute atomic E-state index is 0.0631. The van der Waals surface area contributed by atoms with E-state index in [1.165, 1.54) is 0 Å². The van der Waals surface area contributed by atoms with Gasteiger partial charge in [0, 0.05) is 11.7 Å². The highest BCUT2D eigenvalue weighted by Crippen LogP contribution is 2.41. The van der Waals surface area contributed by atoms with Gasteiger partial charge < -0.3 is 5.73 Å². The van der Waals surface area contributed by atoms with Crippen LogP contribution < -0.4 is 5.73 Å². The lowest BCUT2D eigenvalue weighted by Gasteiger charge is -2.00. The molecular weight excluding hydrogens is 176 g/mol. The minimum atomic E-state index is -2.97. The Balaban J connectivity index is 2.55. The molecule has 2 unspecified atom stereocenters. The first-order chi connectivity index (χ1) is 5.43. The van der Waals surface area contributed by atoms with Crippen molar-refractivity contribution in [3.8, 4) is 6.07 Å². The summed E-state index contributed by atoms with van der Waals surface area (Å²) < 4.78 is 22.2. The molecule has 0 aromatic carbocycles. The lowest BCUT2D eigenvalue weighted by molar-refractivity contribution is 0.590. The van der Waals surface area contributed by atoms with Crippen LogP contribution in [0.15, 0.2) is 0 Å². The summed E-state index contributed by atoms with van der Waals surface area (Å²) in [5.74, 6) is 0.0471. The van der Waals surface area contributed by atoms with E-state index < -0.39 is 15.4 Å². The molecule has 1 fully saturated rings. The summed E-state index contributed by atoms with van der Waals surface area (Å²) in [5.41, 5.74) is 4.67. The number of nitrogens with two attached hydrogens (primary N) is 1. The Labute approximate surface area is 72.3 Å². The third-order valence-electron chi connectivity index (χ3n) is 2.26. The van der Waals surface area contributed by atoms with E-state index >= 15 is 0 Å². The zero-order chi connectivity index (χ0) is 9.41. The third-order valence-corrected chi connectivity index (χ3v) is 4.05. The van der Waals surface area contributed by atoms with E-state index in [4.69, 9.17) is 11.0 Å². The van der Waals surface area contributed by atoms with Crippen molar-refractivity contribution >= 4 is 9.84 Å². The van der Waals surface area contributed by atoms with Gasteiger partial charge in [0.15, 0.2) is 0 Å². The topological polar surface area (TPSA) is 83.9 Å². The Morgan fingerprint density at radius 3 is 2.67 bits per heavy atom. The van der Waals surface area contributed by atoms with Crippen LogP contribution in [-0.4, -0.2) is 25.5 Å². The molecule has 0 bridgehead atoms. The highest BCUT2D eigenvalue weighted by molar-refractivity contribution is 7.91. The Bertz CT molecular complexity index is 317. The van der Waals surface area contributed by atoms with Gasteiger partial charge in [-0.25, -0.2) is 8.42 Å². The van der Waals surface area contributed by atoms with Gasteiger partial charge in [-0.15, -0.1) is 0 Å². The van der Waals surface area contributed by atoms with Gasteiger partial charge in [0.2, 0.25) is 0 Å². The lowest BCUT2D eigenvalue weighted by Crippen LogP contribution is -2.25. The maximum atomic E-state index is 11.1. The van der Waals surface area contributed by atoms with E-state index in [9.17, 15) is 8.42 Å². The normalized spacial score (nSPS) is 34.2. The second kappa shape index (κ2) is 2.71. The van der Waals surface area contributed by atoms with Gasteiger partial charge in [-0.2, -0.15) is 5.26 Å². The van der Waals surface area contributed by atoms with Crippen molar-refractivity contribution < 1.29 is 8.42 Å². The van der Waals surface area contributed by atoms with Gasteiger partial charge in [-0.05, 0) is 6.42 Å². The third kappa shape index (κ3) is 1.76. The Kier molecular flexibility index (Phi) is 2.15. The molecule has 1 rings (SSSR count). The van der Waals surface area contributed by atoms with Crippen LogP contribution in [0.2, 0.25) is 0 Å². The predicted molar refractivity (Wildman–Crippen MR) is 45.0 cm³/mol. The maximum Gasteiger partial charge on any atom is 0.150 e. The SMILES string of the molecule is CCS(=O)(=O)CC1CC1(N)C#N. The molecule has 2 atom stereocenters. The van der Waals surface area contributed by atoms with Gasteiger partial charge >= 0.3 is 0 Å². The van der Waals surface area contributed by atoms with Crippen molar-refractivity contribution in [2.45, 2.75) is 18.9 Å². The first-order valence-corrected chi connectivity index (χ1v) is 5.66. The Morgan fingerprint density at radius 1 is 1.75 bits per heavy atom. The van der Waals surface area contributed by atoms with Crippen LogP contribution in [0.25, 0.3) is 0 Å².